The summed E-state index contributed by atoms with van der Waals surface area (Å²) < 4.78 is 0. The van der Waals surface area contributed by atoms with E-state index in [9.17, 15) is 4.79 Å². The Morgan fingerprint density at radius 1 is 1.37 bits per heavy atom. The molecule has 0 bridgehead atoms. The van der Waals surface area contributed by atoms with Crippen molar-refractivity contribution in [1.82, 2.24) is 5.32 Å². The van der Waals surface area contributed by atoms with E-state index in [0.29, 0.717) is 6.54 Å². The Labute approximate surface area is 121 Å². The monoisotopic (exact) mass is 282 g/mol. The molecule has 1 saturated carbocycles. The molecule has 1 aliphatic rings. The van der Waals surface area contributed by atoms with Crippen molar-refractivity contribution in [2.75, 3.05) is 6.54 Å². The fourth-order valence-corrected chi connectivity index (χ4v) is 2.52. The molecule has 3 N–H and O–H groups in total. The Morgan fingerprint density at radius 3 is 2.47 bits per heavy atom. The van der Waals surface area contributed by atoms with Crippen molar-refractivity contribution in [2.24, 2.45) is 5.73 Å². The van der Waals surface area contributed by atoms with Crippen LogP contribution in [-0.2, 0) is 10.2 Å². The van der Waals surface area contributed by atoms with Crippen LogP contribution in [0.4, 0.5) is 0 Å². The van der Waals surface area contributed by atoms with Gasteiger partial charge in [0.15, 0.2) is 0 Å². The first kappa shape index (κ1) is 16.0. The van der Waals surface area contributed by atoms with E-state index in [1.165, 1.54) is 0 Å². The van der Waals surface area contributed by atoms with Gasteiger partial charge in [-0.15, -0.1) is 12.4 Å². The fraction of sp³-hybridized carbons (Fsp3) is 0.533. The zero-order valence-corrected chi connectivity index (χ0v) is 12.2. The van der Waals surface area contributed by atoms with Crippen LogP contribution >= 0.6 is 12.4 Å². The van der Waals surface area contributed by atoms with Crippen LogP contribution in [0.3, 0.4) is 0 Å². The lowest BCUT2D eigenvalue weighted by atomic mass is 9.64. The fourth-order valence-electron chi connectivity index (χ4n) is 2.52. The highest BCUT2D eigenvalue weighted by molar-refractivity contribution is 5.89. The normalized spacial score (nSPS) is 17.8. The molecule has 0 saturated heterocycles. The lowest BCUT2D eigenvalue weighted by molar-refractivity contribution is -0.129. The summed E-state index contributed by atoms with van der Waals surface area (Å²) in [6, 6.07) is 10.3. The van der Waals surface area contributed by atoms with Crippen LogP contribution < -0.4 is 11.1 Å². The van der Waals surface area contributed by atoms with Crippen LogP contribution in [0.25, 0.3) is 0 Å². The van der Waals surface area contributed by atoms with Crippen LogP contribution in [0, 0.1) is 0 Å². The number of carbonyl (C=O) groups excluding carboxylic acids is 1. The van der Waals surface area contributed by atoms with Gasteiger partial charge in [0.05, 0.1) is 5.41 Å². The second kappa shape index (κ2) is 6.92. The van der Waals surface area contributed by atoms with Gasteiger partial charge in [-0.3, -0.25) is 4.79 Å². The average molecular weight is 283 g/mol. The maximum atomic E-state index is 12.4. The second-order valence-corrected chi connectivity index (χ2v) is 5.32. The third kappa shape index (κ3) is 3.48. The summed E-state index contributed by atoms with van der Waals surface area (Å²) in [6.07, 6.45) is 3.88. The number of hydrogen-bond acceptors (Lipinski definition) is 2. The number of nitrogens with one attached hydrogen (secondary N) is 1. The summed E-state index contributed by atoms with van der Waals surface area (Å²) in [7, 11) is 0. The SMILES string of the molecule is CC(N)CCNC(=O)C1(c2ccccc2)CCC1.Cl. The number of benzene rings is 1. The molecule has 19 heavy (non-hydrogen) atoms. The van der Waals surface area contributed by atoms with Gasteiger partial charge in [0, 0.05) is 12.6 Å². The van der Waals surface area contributed by atoms with Gasteiger partial charge >= 0.3 is 0 Å². The molecule has 1 aliphatic carbocycles. The molecule has 0 heterocycles. The van der Waals surface area contributed by atoms with Crippen LogP contribution in [0.5, 0.6) is 0 Å². The van der Waals surface area contributed by atoms with Crippen LogP contribution in [0.15, 0.2) is 30.3 Å². The molecule has 2 rings (SSSR count). The highest BCUT2D eigenvalue weighted by Crippen LogP contribution is 2.43. The number of halogens is 1. The van der Waals surface area contributed by atoms with Crippen molar-refractivity contribution in [2.45, 2.75) is 44.1 Å². The first-order chi connectivity index (χ1) is 8.65. The Morgan fingerprint density at radius 2 is 2.00 bits per heavy atom. The Balaban J connectivity index is 0.00000180. The second-order valence-electron chi connectivity index (χ2n) is 5.32. The van der Waals surface area contributed by atoms with E-state index in [4.69, 9.17) is 5.73 Å². The largest absolute Gasteiger partial charge is 0.355 e. The quantitative estimate of drug-likeness (QED) is 0.871. The first-order valence-corrected chi connectivity index (χ1v) is 6.74. The van der Waals surface area contributed by atoms with Gasteiger partial charge in [-0.25, -0.2) is 0 Å². The topological polar surface area (TPSA) is 55.1 Å². The third-order valence-electron chi connectivity index (χ3n) is 3.85. The van der Waals surface area contributed by atoms with Gasteiger partial charge in [-0.05, 0) is 31.7 Å². The minimum absolute atomic E-state index is 0. The Bertz CT molecular complexity index is 402. The number of rotatable bonds is 5. The lowest BCUT2D eigenvalue weighted by Crippen LogP contribution is -2.49. The molecule has 0 spiro atoms. The van der Waals surface area contributed by atoms with Gasteiger partial charge < -0.3 is 11.1 Å². The molecule has 1 unspecified atom stereocenters. The van der Waals surface area contributed by atoms with Crippen molar-refractivity contribution in [3.05, 3.63) is 35.9 Å². The predicted molar refractivity (Wildman–Crippen MR) is 80.5 cm³/mol. The van der Waals surface area contributed by atoms with E-state index >= 15 is 0 Å². The lowest BCUT2D eigenvalue weighted by Gasteiger charge is -2.40. The predicted octanol–water partition coefficient (Wildman–Crippen LogP) is 2.38. The summed E-state index contributed by atoms with van der Waals surface area (Å²) in [4.78, 5) is 12.4. The molecule has 106 valence electrons. The third-order valence-corrected chi connectivity index (χ3v) is 3.85. The van der Waals surface area contributed by atoms with E-state index in [-0.39, 0.29) is 29.8 Å². The molecule has 3 nitrogen and oxygen atoms in total. The van der Waals surface area contributed by atoms with Gasteiger partial charge in [0.1, 0.15) is 0 Å². The molecule has 4 heteroatoms. The van der Waals surface area contributed by atoms with Gasteiger partial charge in [-0.1, -0.05) is 36.8 Å². The molecule has 0 radical (unpaired) electrons. The standard InChI is InChI=1S/C15H22N2O.ClH/c1-12(16)8-11-17-14(18)15(9-5-10-15)13-6-3-2-4-7-13;/h2-4,6-7,12H,5,8-11,16H2,1H3,(H,17,18);1H. The van der Waals surface area contributed by atoms with Crippen molar-refractivity contribution in [3.63, 3.8) is 0 Å². The molecule has 1 aromatic rings. The molecule has 0 aromatic heterocycles. The zero-order valence-electron chi connectivity index (χ0n) is 11.4. The first-order valence-electron chi connectivity index (χ1n) is 6.74. The average Bonchev–Trinajstić information content (AvgIpc) is 2.28. The minimum atomic E-state index is -0.279. The Kier molecular flexibility index (Phi) is 5.83. The molecule has 1 fully saturated rings. The zero-order chi connectivity index (χ0) is 13.0. The van der Waals surface area contributed by atoms with Gasteiger partial charge in [0.2, 0.25) is 5.91 Å². The van der Waals surface area contributed by atoms with E-state index < -0.39 is 0 Å². The number of nitrogens with two attached hydrogens (primary N) is 1. The smallest absolute Gasteiger partial charge is 0.230 e. The highest BCUT2D eigenvalue weighted by Gasteiger charge is 2.45. The summed E-state index contributed by atoms with van der Waals surface area (Å²) in [6.45, 7) is 2.63. The Hall–Kier alpha value is -1.06. The summed E-state index contributed by atoms with van der Waals surface area (Å²) in [5, 5.41) is 3.04. The van der Waals surface area contributed by atoms with E-state index in [1.807, 2.05) is 25.1 Å². The molecule has 1 atom stereocenters. The number of carbonyl (C=O) groups is 1. The number of amides is 1. The minimum Gasteiger partial charge on any atom is -0.355 e. The summed E-state index contributed by atoms with van der Waals surface area (Å²) in [5.41, 5.74) is 6.56. The van der Waals surface area contributed by atoms with Crippen LogP contribution in [0.1, 0.15) is 38.2 Å². The van der Waals surface area contributed by atoms with Crippen molar-refractivity contribution >= 4 is 18.3 Å². The van der Waals surface area contributed by atoms with E-state index in [1.54, 1.807) is 0 Å². The molecule has 1 aromatic carbocycles. The summed E-state index contributed by atoms with van der Waals surface area (Å²) in [5.74, 6) is 0.167. The van der Waals surface area contributed by atoms with Crippen LogP contribution in [0.2, 0.25) is 0 Å². The highest BCUT2D eigenvalue weighted by atomic mass is 35.5. The van der Waals surface area contributed by atoms with Gasteiger partial charge in [-0.2, -0.15) is 0 Å². The summed E-state index contributed by atoms with van der Waals surface area (Å²) >= 11 is 0. The van der Waals surface area contributed by atoms with Crippen molar-refractivity contribution < 1.29 is 4.79 Å². The molecule has 0 aliphatic heterocycles. The molecular formula is C15H23ClN2O. The van der Waals surface area contributed by atoms with E-state index in [2.05, 4.69) is 17.4 Å². The van der Waals surface area contributed by atoms with Crippen molar-refractivity contribution in [1.29, 1.82) is 0 Å². The molecular weight excluding hydrogens is 260 g/mol. The van der Waals surface area contributed by atoms with Crippen LogP contribution in [-0.4, -0.2) is 18.5 Å². The van der Waals surface area contributed by atoms with Crippen molar-refractivity contribution in [3.8, 4) is 0 Å². The maximum absolute atomic E-state index is 12.4. The van der Waals surface area contributed by atoms with E-state index in [0.717, 1.165) is 31.2 Å². The maximum Gasteiger partial charge on any atom is 0.230 e. The van der Waals surface area contributed by atoms with Gasteiger partial charge in [0.25, 0.3) is 0 Å². The molecule has 1 amide bonds. The number of hydrogen-bond donors (Lipinski definition) is 2.